The summed E-state index contributed by atoms with van der Waals surface area (Å²) in [4.78, 5) is 2.10. The summed E-state index contributed by atoms with van der Waals surface area (Å²) in [5, 5.41) is 0. The maximum Gasteiger partial charge on any atom is 0.393 e. The molecule has 25 heavy (non-hydrogen) atoms. The number of sulfone groups is 1. The monoisotopic (exact) mass is 377 g/mol. The van der Waals surface area contributed by atoms with Gasteiger partial charge in [-0.25, -0.2) is 8.42 Å². The van der Waals surface area contributed by atoms with E-state index in [0.717, 1.165) is 0 Å². The highest BCUT2D eigenvalue weighted by atomic mass is 32.2. The third kappa shape index (κ3) is 4.97. The molecule has 0 radical (unpaired) electrons. The Balaban J connectivity index is 1.92. The molecule has 1 aliphatic rings. The molecule has 0 bridgehead atoms. The predicted octanol–water partition coefficient (Wildman–Crippen LogP) is 4.29. The number of nitrogens with zero attached hydrogens (tertiary/aromatic N) is 1. The van der Waals surface area contributed by atoms with Crippen molar-refractivity contribution in [2.45, 2.75) is 55.3 Å². The molecule has 3 nitrogen and oxygen atoms in total. The van der Waals surface area contributed by atoms with Crippen LogP contribution in [0.3, 0.4) is 0 Å². The molecule has 0 spiro atoms. The first-order chi connectivity index (χ1) is 11.5. The molecule has 7 heteroatoms. The number of alkyl halides is 3. The molecular formula is C18H26F3NO2S. The SMILES string of the molecule is CC(C)(CCCN1CCCC(C(F)(F)F)C1)S(=O)(=O)c1ccccc1. The Morgan fingerprint density at radius 2 is 1.80 bits per heavy atom. The highest BCUT2D eigenvalue weighted by Gasteiger charge is 2.42. The first kappa shape index (κ1) is 20.2. The molecule has 1 unspecified atom stereocenters. The van der Waals surface area contributed by atoms with Gasteiger partial charge in [-0.05, 0) is 64.8 Å². The number of hydrogen-bond donors (Lipinski definition) is 0. The second-order valence-electron chi connectivity index (χ2n) is 7.36. The maximum absolute atomic E-state index is 12.9. The van der Waals surface area contributed by atoms with Crippen molar-refractivity contribution in [1.82, 2.24) is 4.90 Å². The summed E-state index contributed by atoms with van der Waals surface area (Å²) in [6.45, 7) is 4.54. The summed E-state index contributed by atoms with van der Waals surface area (Å²) < 4.78 is 63.2. The van der Waals surface area contributed by atoms with Crippen LogP contribution in [0.1, 0.15) is 39.5 Å². The van der Waals surface area contributed by atoms with Gasteiger partial charge in [0.1, 0.15) is 0 Å². The topological polar surface area (TPSA) is 37.4 Å². The van der Waals surface area contributed by atoms with Crippen LogP contribution < -0.4 is 0 Å². The minimum atomic E-state index is -4.14. The van der Waals surface area contributed by atoms with Crippen LogP contribution in [-0.2, 0) is 9.84 Å². The van der Waals surface area contributed by atoms with E-state index >= 15 is 0 Å². The van der Waals surface area contributed by atoms with Crippen LogP contribution in [0.2, 0.25) is 0 Å². The van der Waals surface area contributed by atoms with Gasteiger partial charge in [-0.15, -0.1) is 0 Å². The van der Waals surface area contributed by atoms with Gasteiger partial charge in [0.2, 0.25) is 0 Å². The summed E-state index contributed by atoms with van der Waals surface area (Å²) in [6.07, 6.45) is -2.45. The van der Waals surface area contributed by atoms with Crippen molar-refractivity contribution in [3.63, 3.8) is 0 Å². The van der Waals surface area contributed by atoms with Gasteiger partial charge >= 0.3 is 6.18 Å². The second kappa shape index (κ2) is 7.66. The van der Waals surface area contributed by atoms with E-state index in [0.29, 0.717) is 32.4 Å². The van der Waals surface area contributed by atoms with E-state index in [2.05, 4.69) is 0 Å². The normalized spacial score (nSPS) is 20.6. The average Bonchev–Trinajstić information content (AvgIpc) is 2.55. The van der Waals surface area contributed by atoms with Gasteiger partial charge in [0, 0.05) is 6.54 Å². The number of hydrogen-bond acceptors (Lipinski definition) is 3. The minimum absolute atomic E-state index is 0.0232. The van der Waals surface area contributed by atoms with Crippen LogP contribution in [0, 0.1) is 5.92 Å². The Morgan fingerprint density at radius 1 is 1.16 bits per heavy atom. The zero-order chi connectivity index (χ0) is 18.7. The summed E-state index contributed by atoms with van der Waals surface area (Å²) in [5.74, 6) is -1.26. The summed E-state index contributed by atoms with van der Waals surface area (Å²) >= 11 is 0. The van der Waals surface area contributed by atoms with Crippen molar-refractivity contribution < 1.29 is 21.6 Å². The van der Waals surface area contributed by atoms with Crippen molar-refractivity contribution in [2.75, 3.05) is 19.6 Å². The van der Waals surface area contributed by atoms with Crippen molar-refractivity contribution in [3.8, 4) is 0 Å². The van der Waals surface area contributed by atoms with Gasteiger partial charge in [0.05, 0.1) is 15.6 Å². The Hall–Kier alpha value is -1.08. The molecule has 1 saturated heterocycles. The van der Waals surface area contributed by atoms with Crippen LogP contribution in [0.25, 0.3) is 0 Å². The molecule has 1 heterocycles. The molecule has 1 atom stereocenters. The van der Waals surface area contributed by atoms with Gasteiger partial charge in [0.15, 0.2) is 9.84 Å². The lowest BCUT2D eigenvalue weighted by Gasteiger charge is -2.34. The summed E-state index contributed by atoms with van der Waals surface area (Å²) in [5.41, 5.74) is 0. The zero-order valence-corrected chi connectivity index (χ0v) is 15.5. The van der Waals surface area contributed by atoms with Crippen molar-refractivity contribution in [2.24, 2.45) is 5.92 Å². The smallest absolute Gasteiger partial charge is 0.303 e. The molecule has 0 saturated carbocycles. The van der Waals surface area contributed by atoms with E-state index in [1.54, 1.807) is 44.2 Å². The molecule has 0 aliphatic carbocycles. The van der Waals surface area contributed by atoms with E-state index in [1.165, 1.54) is 0 Å². The third-order valence-electron chi connectivity index (χ3n) is 5.00. The maximum atomic E-state index is 12.9. The first-order valence-electron chi connectivity index (χ1n) is 8.63. The van der Waals surface area contributed by atoms with Crippen molar-refractivity contribution >= 4 is 9.84 Å². The molecule has 0 amide bonds. The van der Waals surface area contributed by atoms with Gasteiger partial charge in [-0.1, -0.05) is 18.2 Å². The highest BCUT2D eigenvalue weighted by Crippen LogP contribution is 2.34. The summed E-state index contributed by atoms with van der Waals surface area (Å²) in [7, 11) is -3.47. The van der Waals surface area contributed by atoms with Gasteiger partial charge < -0.3 is 4.90 Å². The molecule has 142 valence electrons. The molecule has 1 aliphatic heterocycles. The fourth-order valence-electron chi connectivity index (χ4n) is 3.31. The number of likely N-dealkylation sites (tertiary alicyclic amines) is 1. The van der Waals surface area contributed by atoms with Crippen molar-refractivity contribution in [1.29, 1.82) is 0 Å². The van der Waals surface area contributed by atoms with Crippen LogP contribution >= 0.6 is 0 Å². The molecular weight excluding hydrogens is 351 g/mol. The van der Waals surface area contributed by atoms with Crippen LogP contribution in [-0.4, -0.2) is 43.9 Å². The van der Waals surface area contributed by atoms with E-state index < -0.39 is 26.7 Å². The molecule has 0 N–H and O–H groups in total. The minimum Gasteiger partial charge on any atom is -0.303 e. The average molecular weight is 377 g/mol. The van der Waals surface area contributed by atoms with E-state index in [9.17, 15) is 21.6 Å². The molecule has 2 rings (SSSR count). The molecule has 1 aromatic rings. The largest absolute Gasteiger partial charge is 0.393 e. The number of benzene rings is 1. The number of rotatable bonds is 6. The van der Waals surface area contributed by atoms with Gasteiger partial charge in [-0.3, -0.25) is 0 Å². The van der Waals surface area contributed by atoms with Crippen LogP contribution in [0.5, 0.6) is 0 Å². The molecule has 0 aromatic heterocycles. The fourth-order valence-corrected chi connectivity index (χ4v) is 4.87. The second-order valence-corrected chi connectivity index (χ2v) is 9.94. The van der Waals surface area contributed by atoms with Crippen LogP contribution in [0.4, 0.5) is 13.2 Å². The summed E-state index contributed by atoms with van der Waals surface area (Å²) in [6, 6.07) is 8.30. The first-order valence-corrected chi connectivity index (χ1v) is 10.1. The van der Waals surface area contributed by atoms with E-state index in [-0.39, 0.29) is 17.9 Å². The Morgan fingerprint density at radius 3 is 2.40 bits per heavy atom. The Kier molecular flexibility index (Phi) is 6.20. The van der Waals surface area contributed by atoms with Gasteiger partial charge in [-0.2, -0.15) is 13.2 Å². The Labute approximate surface area is 148 Å². The number of piperidine rings is 1. The predicted molar refractivity (Wildman–Crippen MR) is 92.2 cm³/mol. The quantitative estimate of drug-likeness (QED) is 0.742. The number of halogens is 3. The lowest BCUT2D eigenvalue weighted by molar-refractivity contribution is -0.186. The fraction of sp³-hybridized carbons (Fsp3) is 0.667. The Bertz CT molecular complexity index is 657. The van der Waals surface area contributed by atoms with Gasteiger partial charge in [0.25, 0.3) is 0 Å². The van der Waals surface area contributed by atoms with Crippen molar-refractivity contribution in [3.05, 3.63) is 30.3 Å². The lowest BCUT2D eigenvalue weighted by atomic mass is 9.97. The third-order valence-corrected chi connectivity index (χ3v) is 7.55. The van der Waals surface area contributed by atoms with E-state index in [4.69, 9.17) is 0 Å². The lowest BCUT2D eigenvalue weighted by Crippen LogP contribution is -2.42. The zero-order valence-electron chi connectivity index (χ0n) is 14.7. The van der Waals surface area contributed by atoms with Crippen LogP contribution in [0.15, 0.2) is 35.2 Å². The standard InChI is InChI=1S/C18H26F3NO2S/c1-17(2,25(23,24)16-9-4-3-5-10-16)11-7-13-22-12-6-8-15(14-22)18(19,20)21/h3-5,9-10,15H,6-8,11-14H2,1-2H3. The molecule has 1 aromatic carbocycles. The highest BCUT2D eigenvalue weighted by molar-refractivity contribution is 7.92. The molecule has 1 fully saturated rings. The van der Waals surface area contributed by atoms with E-state index in [1.807, 2.05) is 4.90 Å².